The SMILES string of the molecule is Cc1cc(COc2ccc([C@@H](C)O)cc2Cl)no1. The smallest absolute Gasteiger partial charge is 0.138 e. The number of aryl methyl sites for hydroxylation is 1. The van der Waals surface area contributed by atoms with E-state index in [1.165, 1.54) is 0 Å². The Kier molecular flexibility index (Phi) is 3.89. The molecule has 0 bridgehead atoms. The molecule has 0 saturated heterocycles. The first kappa shape index (κ1) is 12.9. The van der Waals surface area contributed by atoms with E-state index in [9.17, 15) is 5.11 Å². The molecule has 0 unspecified atom stereocenters. The van der Waals surface area contributed by atoms with Crippen LogP contribution in [0.1, 0.15) is 30.0 Å². The average Bonchev–Trinajstić information content (AvgIpc) is 2.73. The van der Waals surface area contributed by atoms with Crippen LogP contribution in [0.4, 0.5) is 0 Å². The van der Waals surface area contributed by atoms with Crippen LogP contribution in [0, 0.1) is 6.92 Å². The maximum atomic E-state index is 9.43. The number of benzene rings is 1. The lowest BCUT2D eigenvalue weighted by molar-refractivity contribution is 0.199. The zero-order valence-corrected chi connectivity index (χ0v) is 10.9. The lowest BCUT2D eigenvalue weighted by atomic mass is 10.1. The molecule has 0 aliphatic carbocycles. The molecule has 1 N–H and O–H groups in total. The van der Waals surface area contributed by atoms with Crippen molar-refractivity contribution in [2.75, 3.05) is 0 Å². The van der Waals surface area contributed by atoms with Crippen LogP contribution >= 0.6 is 11.6 Å². The number of ether oxygens (including phenoxy) is 1. The van der Waals surface area contributed by atoms with E-state index in [0.29, 0.717) is 23.1 Å². The van der Waals surface area contributed by atoms with Gasteiger partial charge < -0.3 is 14.4 Å². The molecule has 2 aromatic rings. The van der Waals surface area contributed by atoms with Gasteiger partial charge in [0, 0.05) is 6.07 Å². The van der Waals surface area contributed by atoms with Gasteiger partial charge in [0.25, 0.3) is 0 Å². The van der Waals surface area contributed by atoms with Crippen LogP contribution in [0.3, 0.4) is 0 Å². The summed E-state index contributed by atoms with van der Waals surface area (Å²) in [7, 11) is 0. The van der Waals surface area contributed by atoms with Crippen molar-refractivity contribution >= 4 is 11.6 Å². The van der Waals surface area contributed by atoms with Crippen molar-refractivity contribution in [3.63, 3.8) is 0 Å². The molecule has 4 nitrogen and oxygen atoms in total. The van der Waals surface area contributed by atoms with Crippen LogP contribution in [-0.2, 0) is 6.61 Å². The molecular formula is C13H14ClNO3. The van der Waals surface area contributed by atoms with Gasteiger partial charge in [-0.3, -0.25) is 0 Å². The number of nitrogens with zero attached hydrogens (tertiary/aromatic N) is 1. The van der Waals surface area contributed by atoms with Crippen molar-refractivity contribution in [1.29, 1.82) is 0 Å². The van der Waals surface area contributed by atoms with Crippen LogP contribution in [0.5, 0.6) is 5.75 Å². The molecule has 18 heavy (non-hydrogen) atoms. The normalized spacial score (nSPS) is 12.4. The van der Waals surface area contributed by atoms with Crippen molar-refractivity contribution in [2.24, 2.45) is 0 Å². The molecule has 0 fully saturated rings. The summed E-state index contributed by atoms with van der Waals surface area (Å²) in [6.45, 7) is 3.80. The number of hydrogen-bond donors (Lipinski definition) is 1. The van der Waals surface area contributed by atoms with E-state index in [2.05, 4.69) is 5.16 Å². The molecule has 1 heterocycles. The van der Waals surface area contributed by atoms with Gasteiger partial charge in [0.2, 0.25) is 0 Å². The zero-order valence-electron chi connectivity index (χ0n) is 10.2. The van der Waals surface area contributed by atoms with E-state index in [4.69, 9.17) is 20.9 Å². The number of aliphatic hydroxyl groups excluding tert-OH is 1. The summed E-state index contributed by atoms with van der Waals surface area (Å²) in [5.74, 6) is 1.30. The highest BCUT2D eigenvalue weighted by molar-refractivity contribution is 6.32. The second kappa shape index (κ2) is 5.42. The van der Waals surface area contributed by atoms with Gasteiger partial charge in [-0.2, -0.15) is 0 Å². The lowest BCUT2D eigenvalue weighted by Crippen LogP contribution is -1.97. The molecule has 1 atom stereocenters. The highest BCUT2D eigenvalue weighted by Crippen LogP contribution is 2.28. The fourth-order valence-corrected chi connectivity index (χ4v) is 1.78. The fraction of sp³-hybridized carbons (Fsp3) is 0.308. The van der Waals surface area contributed by atoms with Gasteiger partial charge in [-0.05, 0) is 31.5 Å². The van der Waals surface area contributed by atoms with Gasteiger partial charge in [-0.25, -0.2) is 0 Å². The Balaban J connectivity index is 2.05. The Hall–Kier alpha value is -1.52. The first-order valence-corrected chi connectivity index (χ1v) is 5.96. The maximum absolute atomic E-state index is 9.43. The second-order valence-corrected chi connectivity index (χ2v) is 4.49. The standard InChI is InChI=1S/C13H14ClNO3/c1-8-5-11(15-18-8)7-17-13-4-3-10(9(2)16)6-12(13)14/h3-6,9,16H,7H2,1-2H3/t9-/m1/s1. The molecule has 5 heteroatoms. The lowest BCUT2D eigenvalue weighted by Gasteiger charge is -2.09. The minimum Gasteiger partial charge on any atom is -0.486 e. The quantitative estimate of drug-likeness (QED) is 0.924. The van der Waals surface area contributed by atoms with E-state index < -0.39 is 6.10 Å². The van der Waals surface area contributed by atoms with Gasteiger partial charge in [0.15, 0.2) is 0 Å². The Labute approximate surface area is 110 Å². The highest BCUT2D eigenvalue weighted by Gasteiger charge is 2.08. The molecular weight excluding hydrogens is 254 g/mol. The minimum atomic E-state index is -0.547. The topological polar surface area (TPSA) is 55.5 Å². The monoisotopic (exact) mass is 267 g/mol. The number of rotatable bonds is 4. The summed E-state index contributed by atoms with van der Waals surface area (Å²) < 4.78 is 10.5. The number of aromatic nitrogens is 1. The molecule has 0 radical (unpaired) electrons. The molecule has 0 aliphatic heterocycles. The molecule has 0 amide bonds. The predicted molar refractivity (Wildman–Crippen MR) is 67.7 cm³/mol. The Morgan fingerprint density at radius 2 is 2.22 bits per heavy atom. The van der Waals surface area contributed by atoms with E-state index in [1.807, 2.05) is 6.92 Å². The Morgan fingerprint density at radius 1 is 1.44 bits per heavy atom. The highest BCUT2D eigenvalue weighted by atomic mass is 35.5. The van der Waals surface area contributed by atoms with Gasteiger partial charge in [-0.1, -0.05) is 22.8 Å². The zero-order chi connectivity index (χ0) is 13.1. The maximum Gasteiger partial charge on any atom is 0.138 e. The van der Waals surface area contributed by atoms with Gasteiger partial charge in [0.1, 0.15) is 23.8 Å². The first-order valence-electron chi connectivity index (χ1n) is 5.59. The van der Waals surface area contributed by atoms with Crippen molar-refractivity contribution in [3.8, 4) is 5.75 Å². The van der Waals surface area contributed by atoms with Gasteiger partial charge in [0.05, 0.1) is 11.1 Å². The Morgan fingerprint density at radius 3 is 2.78 bits per heavy atom. The second-order valence-electron chi connectivity index (χ2n) is 4.08. The molecule has 2 rings (SSSR count). The van der Waals surface area contributed by atoms with Gasteiger partial charge in [-0.15, -0.1) is 0 Å². The molecule has 0 spiro atoms. The average molecular weight is 268 g/mol. The number of halogens is 1. The van der Waals surface area contributed by atoms with Crippen LogP contribution in [0.15, 0.2) is 28.8 Å². The third-order valence-corrected chi connectivity index (χ3v) is 2.79. The summed E-state index contributed by atoms with van der Waals surface area (Å²) in [6, 6.07) is 7.00. The fourth-order valence-electron chi connectivity index (χ4n) is 1.53. The van der Waals surface area contributed by atoms with Crippen molar-refractivity contribution in [1.82, 2.24) is 5.16 Å². The molecule has 1 aromatic heterocycles. The van der Waals surface area contributed by atoms with Crippen molar-refractivity contribution < 1.29 is 14.4 Å². The summed E-state index contributed by atoms with van der Waals surface area (Å²) in [4.78, 5) is 0. The number of aliphatic hydroxyl groups is 1. The van der Waals surface area contributed by atoms with E-state index in [-0.39, 0.29) is 0 Å². The third-order valence-electron chi connectivity index (χ3n) is 2.49. The van der Waals surface area contributed by atoms with Gasteiger partial charge >= 0.3 is 0 Å². The van der Waals surface area contributed by atoms with Crippen molar-refractivity contribution in [2.45, 2.75) is 26.6 Å². The summed E-state index contributed by atoms with van der Waals surface area (Å²) in [6.07, 6.45) is -0.547. The summed E-state index contributed by atoms with van der Waals surface area (Å²) >= 11 is 6.06. The molecule has 96 valence electrons. The van der Waals surface area contributed by atoms with E-state index in [1.54, 1.807) is 31.2 Å². The Bertz CT molecular complexity index is 537. The largest absolute Gasteiger partial charge is 0.486 e. The minimum absolute atomic E-state index is 0.297. The van der Waals surface area contributed by atoms with Crippen LogP contribution in [0.2, 0.25) is 5.02 Å². The predicted octanol–water partition coefficient (Wildman–Crippen LogP) is 3.27. The van der Waals surface area contributed by atoms with Crippen molar-refractivity contribution in [3.05, 3.63) is 46.3 Å². The third kappa shape index (κ3) is 3.03. The van der Waals surface area contributed by atoms with Crippen LogP contribution < -0.4 is 4.74 Å². The van der Waals surface area contributed by atoms with Crippen LogP contribution in [0.25, 0.3) is 0 Å². The number of hydrogen-bond acceptors (Lipinski definition) is 4. The summed E-state index contributed by atoms with van der Waals surface area (Å²) in [5.41, 5.74) is 1.47. The van der Waals surface area contributed by atoms with E-state index in [0.717, 1.165) is 11.3 Å². The summed E-state index contributed by atoms with van der Waals surface area (Å²) in [5, 5.41) is 13.7. The molecule has 1 aromatic carbocycles. The molecule has 0 saturated carbocycles. The molecule has 0 aliphatic rings. The van der Waals surface area contributed by atoms with E-state index >= 15 is 0 Å². The first-order chi connectivity index (χ1) is 8.56. The van der Waals surface area contributed by atoms with Crippen LogP contribution in [-0.4, -0.2) is 10.3 Å².